The van der Waals surface area contributed by atoms with Crippen LogP contribution in [0.3, 0.4) is 0 Å². The van der Waals surface area contributed by atoms with E-state index in [1.807, 2.05) is 0 Å². The zero-order valence-electron chi connectivity index (χ0n) is 9.93. The molecular weight excluding hydrogens is 186 g/mol. The molecule has 15 heavy (non-hydrogen) atoms. The molecule has 1 aromatic heterocycles. The molecule has 1 fully saturated rings. The van der Waals surface area contributed by atoms with Crippen molar-refractivity contribution in [3.8, 4) is 0 Å². The highest BCUT2D eigenvalue weighted by molar-refractivity contribution is 5.42. The van der Waals surface area contributed by atoms with Crippen LogP contribution in [0, 0.1) is 11.3 Å². The van der Waals surface area contributed by atoms with Gasteiger partial charge in [0.15, 0.2) is 0 Å². The molecule has 1 aliphatic rings. The van der Waals surface area contributed by atoms with Crippen LogP contribution in [-0.2, 0) is 12.8 Å². The fourth-order valence-corrected chi connectivity index (χ4v) is 2.41. The van der Waals surface area contributed by atoms with Crippen molar-refractivity contribution in [3.63, 3.8) is 0 Å². The van der Waals surface area contributed by atoms with Crippen molar-refractivity contribution < 1.29 is 0 Å². The predicted octanol–water partition coefficient (Wildman–Crippen LogP) is 2.53. The Morgan fingerprint density at radius 3 is 2.73 bits per heavy atom. The Balaban J connectivity index is 1.94. The number of nitrogens with one attached hydrogen (secondary N) is 1. The van der Waals surface area contributed by atoms with Gasteiger partial charge in [0.05, 0.1) is 0 Å². The molecule has 84 valence electrons. The maximum absolute atomic E-state index is 5.78. The van der Waals surface area contributed by atoms with Crippen LogP contribution in [0.2, 0.25) is 0 Å². The van der Waals surface area contributed by atoms with E-state index in [1.54, 1.807) is 0 Å². The monoisotopic (exact) mass is 207 g/mol. The van der Waals surface area contributed by atoms with Gasteiger partial charge in [-0.05, 0) is 37.0 Å². The molecule has 0 saturated heterocycles. The summed E-state index contributed by atoms with van der Waals surface area (Å²) in [6, 6.07) is 0. The second-order valence-electron chi connectivity index (χ2n) is 5.35. The molecule has 1 aromatic rings. The van der Waals surface area contributed by atoms with E-state index >= 15 is 0 Å². The van der Waals surface area contributed by atoms with E-state index in [1.165, 1.54) is 24.1 Å². The third-order valence-electron chi connectivity index (χ3n) is 3.80. The molecule has 1 heterocycles. The van der Waals surface area contributed by atoms with E-state index in [0.717, 1.165) is 18.8 Å². The number of aromatic nitrogens is 2. The number of nitrogen functional groups attached to an aromatic ring is 1. The molecule has 2 rings (SSSR count). The number of hydrogen-bond donors (Lipinski definition) is 2. The molecule has 0 spiro atoms. The van der Waals surface area contributed by atoms with Gasteiger partial charge in [-0.2, -0.15) is 5.10 Å². The molecule has 1 atom stereocenters. The molecule has 0 radical (unpaired) electrons. The minimum atomic E-state index is 0.581. The first kappa shape index (κ1) is 10.5. The van der Waals surface area contributed by atoms with Gasteiger partial charge in [0.2, 0.25) is 0 Å². The number of H-pyrrole nitrogens is 1. The summed E-state index contributed by atoms with van der Waals surface area (Å²) in [7, 11) is 0. The average molecular weight is 207 g/mol. The standard InChI is InChI=1S/C12H21N3/c1-4-9-10(14-15-11(9)13)6-5-8-7-12(8,2)3/h8H,4-7H2,1-3H3,(H3,13,14,15). The molecule has 3 nitrogen and oxygen atoms in total. The van der Waals surface area contributed by atoms with Gasteiger partial charge in [-0.25, -0.2) is 0 Å². The van der Waals surface area contributed by atoms with Crippen LogP contribution >= 0.6 is 0 Å². The summed E-state index contributed by atoms with van der Waals surface area (Å²) in [5.41, 5.74) is 8.83. The van der Waals surface area contributed by atoms with Crippen LogP contribution in [0.1, 0.15) is 44.9 Å². The Bertz CT molecular complexity index is 352. The summed E-state index contributed by atoms with van der Waals surface area (Å²) in [5.74, 6) is 1.58. The average Bonchev–Trinajstić information content (AvgIpc) is 2.63. The van der Waals surface area contributed by atoms with Crippen molar-refractivity contribution in [2.24, 2.45) is 11.3 Å². The van der Waals surface area contributed by atoms with Crippen molar-refractivity contribution >= 4 is 5.82 Å². The molecule has 1 unspecified atom stereocenters. The van der Waals surface area contributed by atoms with E-state index < -0.39 is 0 Å². The highest BCUT2D eigenvalue weighted by atomic mass is 15.2. The first-order chi connectivity index (χ1) is 7.04. The van der Waals surface area contributed by atoms with Crippen LogP contribution in [0.15, 0.2) is 0 Å². The first-order valence-electron chi connectivity index (χ1n) is 5.86. The normalized spacial score (nSPS) is 23.0. The van der Waals surface area contributed by atoms with E-state index in [2.05, 4.69) is 31.0 Å². The molecule has 1 aliphatic carbocycles. The Hall–Kier alpha value is -0.990. The Kier molecular flexibility index (Phi) is 2.49. The van der Waals surface area contributed by atoms with Crippen molar-refractivity contribution in [1.82, 2.24) is 10.2 Å². The summed E-state index contributed by atoms with van der Waals surface area (Å²) >= 11 is 0. The summed E-state index contributed by atoms with van der Waals surface area (Å²) in [6.45, 7) is 6.82. The lowest BCUT2D eigenvalue weighted by Crippen LogP contribution is -1.97. The lowest BCUT2D eigenvalue weighted by molar-refractivity contribution is 0.530. The zero-order chi connectivity index (χ0) is 11.1. The number of rotatable bonds is 4. The van der Waals surface area contributed by atoms with Crippen LogP contribution in [0.25, 0.3) is 0 Å². The van der Waals surface area contributed by atoms with Gasteiger partial charge in [0.1, 0.15) is 5.82 Å². The summed E-state index contributed by atoms with van der Waals surface area (Å²) in [5, 5.41) is 7.14. The summed E-state index contributed by atoms with van der Waals surface area (Å²) in [6.07, 6.45) is 4.72. The molecule has 0 amide bonds. The van der Waals surface area contributed by atoms with E-state index in [0.29, 0.717) is 11.2 Å². The number of nitrogens with two attached hydrogens (primary N) is 1. The van der Waals surface area contributed by atoms with Gasteiger partial charge in [-0.3, -0.25) is 5.10 Å². The van der Waals surface area contributed by atoms with Crippen molar-refractivity contribution in [3.05, 3.63) is 11.3 Å². The Morgan fingerprint density at radius 2 is 2.20 bits per heavy atom. The van der Waals surface area contributed by atoms with Crippen LogP contribution in [0.4, 0.5) is 5.82 Å². The molecule has 0 aromatic carbocycles. The topological polar surface area (TPSA) is 54.7 Å². The number of anilines is 1. The number of hydrogen-bond acceptors (Lipinski definition) is 2. The van der Waals surface area contributed by atoms with Crippen LogP contribution in [0.5, 0.6) is 0 Å². The fourth-order valence-electron chi connectivity index (χ4n) is 2.41. The third-order valence-corrected chi connectivity index (χ3v) is 3.80. The predicted molar refractivity (Wildman–Crippen MR) is 62.6 cm³/mol. The van der Waals surface area contributed by atoms with Gasteiger partial charge in [-0.1, -0.05) is 20.8 Å². The van der Waals surface area contributed by atoms with Gasteiger partial charge >= 0.3 is 0 Å². The SMILES string of the molecule is CCc1c(N)n[nH]c1CCC1CC1(C)C. The maximum Gasteiger partial charge on any atom is 0.148 e. The van der Waals surface area contributed by atoms with Gasteiger partial charge in [0, 0.05) is 11.3 Å². The molecule has 0 bridgehead atoms. The summed E-state index contributed by atoms with van der Waals surface area (Å²) < 4.78 is 0. The minimum Gasteiger partial charge on any atom is -0.382 e. The molecule has 3 heteroatoms. The summed E-state index contributed by atoms with van der Waals surface area (Å²) in [4.78, 5) is 0. The first-order valence-corrected chi connectivity index (χ1v) is 5.86. The second-order valence-corrected chi connectivity index (χ2v) is 5.35. The fraction of sp³-hybridized carbons (Fsp3) is 0.750. The number of aryl methyl sites for hydroxylation is 1. The Labute approximate surface area is 91.4 Å². The van der Waals surface area contributed by atoms with Crippen molar-refractivity contribution in [2.45, 2.75) is 46.5 Å². The van der Waals surface area contributed by atoms with Crippen LogP contribution < -0.4 is 5.73 Å². The largest absolute Gasteiger partial charge is 0.382 e. The molecule has 0 aliphatic heterocycles. The highest BCUT2D eigenvalue weighted by Crippen LogP contribution is 2.53. The zero-order valence-corrected chi connectivity index (χ0v) is 9.93. The number of nitrogens with zero attached hydrogens (tertiary/aromatic N) is 1. The highest BCUT2D eigenvalue weighted by Gasteiger charge is 2.44. The lowest BCUT2D eigenvalue weighted by atomic mass is 10.0. The maximum atomic E-state index is 5.78. The van der Waals surface area contributed by atoms with Gasteiger partial charge < -0.3 is 5.73 Å². The number of aromatic amines is 1. The van der Waals surface area contributed by atoms with E-state index in [4.69, 9.17) is 5.73 Å². The van der Waals surface area contributed by atoms with E-state index in [-0.39, 0.29) is 0 Å². The van der Waals surface area contributed by atoms with Crippen molar-refractivity contribution in [1.29, 1.82) is 0 Å². The van der Waals surface area contributed by atoms with E-state index in [9.17, 15) is 0 Å². The molecule has 3 N–H and O–H groups in total. The third kappa shape index (κ3) is 2.01. The lowest BCUT2D eigenvalue weighted by Gasteiger charge is -2.03. The molecular formula is C12H21N3. The quantitative estimate of drug-likeness (QED) is 0.797. The Morgan fingerprint density at radius 1 is 1.53 bits per heavy atom. The van der Waals surface area contributed by atoms with Crippen molar-refractivity contribution in [2.75, 3.05) is 5.73 Å². The molecule has 1 saturated carbocycles. The van der Waals surface area contributed by atoms with Crippen LogP contribution in [-0.4, -0.2) is 10.2 Å². The van der Waals surface area contributed by atoms with Gasteiger partial charge in [0.25, 0.3) is 0 Å². The minimum absolute atomic E-state index is 0.581. The van der Waals surface area contributed by atoms with Gasteiger partial charge in [-0.15, -0.1) is 0 Å². The smallest absolute Gasteiger partial charge is 0.148 e. The second kappa shape index (κ2) is 3.54.